The molecule has 0 spiro atoms. The molecule has 0 N–H and O–H groups in total. The summed E-state index contributed by atoms with van der Waals surface area (Å²) in [6.07, 6.45) is 19.4. The topological polar surface area (TPSA) is 18.1 Å². The largest absolute Gasteiger partial charge is 0.456 e. The molecule has 0 fully saturated rings. The average Bonchev–Trinajstić information content (AvgIpc) is 3.83. The van der Waals surface area contributed by atoms with E-state index in [1.807, 2.05) is 0 Å². The summed E-state index contributed by atoms with van der Waals surface area (Å²) < 4.78 is 9.00. The third kappa shape index (κ3) is 6.25. The van der Waals surface area contributed by atoms with Crippen LogP contribution in [0.3, 0.4) is 0 Å². The molecule has 0 saturated carbocycles. The van der Waals surface area contributed by atoms with Gasteiger partial charge in [0.05, 0.1) is 10.9 Å². The molecule has 0 aliphatic heterocycles. The fraction of sp³-hybridized carbons (Fsp3) is 0.193. The Balaban J connectivity index is 1.25. The third-order valence-electron chi connectivity index (χ3n) is 13.1. The molecule has 6 aromatic carbocycles. The molecule has 0 radical (unpaired) electrons. The summed E-state index contributed by atoms with van der Waals surface area (Å²) >= 11 is 0. The highest BCUT2D eigenvalue weighted by atomic mass is 16.3. The SMILES string of the molecule is C/C=C(\CCCC)C1=Cc2c(n(-c3ccc(C)c(C(C4=CC=CCC4)(c4ccccc4)c4ccc5oc6ccccc6c5c4)c3)c3ccc(-c4ccccc4)cc23)CC1. The van der Waals surface area contributed by atoms with Gasteiger partial charge in [0.1, 0.15) is 11.2 Å². The molecule has 0 amide bonds. The lowest BCUT2D eigenvalue weighted by Gasteiger charge is -2.40. The minimum atomic E-state index is -0.546. The van der Waals surface area contributed by atoms with E-state index in [-0.39, 0.29) is 0 Å². The lowest BCUT2D eigenvalue weighted by atomic mass is 9.62. The van der Waals surface area contributed by atoms with E-state index in [2.05, 4.69) is 195 Å². The number of rotatable bonds is 10. The highest BCUT2D eigenvalue weighted by Crippen LogP contribution is 2.51. The van der Waals surface area contributed by atoms with Crippen LogP contribution in [0.25, 0.3) is 55.7 Å². The zero-order valence-electron chi connectivity index (χ0n) is 34.5. The number of hydrogen-bond acceptors (Lipinski definition) is 1. The standard InChI is InChI=1S/C57H51NO/c1-4-6-18-40(5-2)42-28-32-53-49(35-42)50-36-43(41-19-10-7-11-20-41)29-33-54(50)58(53)47-31-27-39(3)52(38-47)57(44-21-12-8-13-22-44,45-23-14-9-15-24-45)46-30-34-56-51(37-46)48-25-16-17-26-55(48)59-56/h5,7-14,16-17,19-23,25-27,29-31,33-38H,4,6,15,18,24,28,32H2,1-3H3/b40-5+. The predicted molar refractivity (Wildman–Crippen MR) is 250 cm³/mol. The van der Waals surface area contributed by atoms with E-state index in [0.717, 1.165) is 54.0 Å². The molecule has 1 atom stereocenters. The predicted octanol–water partition coefficient (Wildman–Crippen LogP) is 15.6. The number of fused-ring (bicyclic) bond motifs is 6. The van der Waals surface area contributed by atoms with Crippen LogP contribution in [0.2, 0.25) is 0 Å². The van der Waals surface area contributed by atoms with Crippen molar-refractivity contribution in [2.75, 3.05) is 0 Å². The molecule has 290 valence electrons. The van der Waals surface area contributed by atoms with Crippen LogP contribution in [-0.4, -0.2) is 4.57 Å². The summed E-state index contributed by atoms with van der Waals surface area (Å²) in [4.78, 5) is 0. The molecule has 2 aliphatic rings. The first kappa shape index (κ1) is 36.9. The number of aromatic nitrogens is 1. The second-order valence-electron chi connectivity index (χ2n) is 16.5. The molecule has 10 rings (SSSR count). The van der Waals surface area contributed by atoms with Gasteiger partial charge in [0.15, 0.2) is 0 Å². The lowest BCUT2D eigenvalue weighted by Crippen LogP contribution is -2.33. The first-order valence-corrected chi connectivity index (χ1v) is 21.6. The quantitative estimate of drug-likeness (QED) is 0.127. The molecule has 2 nitrogen and oxygen atoms in total. The molecule has 1 unspecified atom stereocenters. The Kier molecular flexibility index (Phi) is 9.65. The minimum absolute atomic E-state index is 0.546. The van der Waals surface area contributed by atoms with Crippen LogP contribution in [0.5, 0.6) is 0 Å². The monoisotopic (exact) mass is 765 g/mol. The van der Waals surface area contributed by atoms with Gasteiger partial charge in [0.25, 0.3) is 0 Å². The van der Waals surface area contributed by atoms with Crippen LogP contribution in [0, 0.1) is 6.92 Å². The van der Waals surface area contributed by atoms with Crippen LogP contribution < -0.4 is 0 Å². The van der Waals surface area contributed by atoms with Gasteiger partial charge in [0.2, 0.25) is 0 Å². The van der Waals surface area contributed by atoms with Gasteiger partial charge < -0.3 is 8.98 Å². The summed E-state index contributed by atoms with van der Waals surface area (Å²) in [5, 5.41) is 3.62. The molecule has 2 heterocycles. The summed E-state index contributed by atoms with van der Waals surface area (Å²) in [5.74, 6) is 0. The molecule has 8 aromatic rings. The summed E-state index contributed by atoms with van der Waals surface area (Å²) in [6, 6.07) is 51.8. The third-order valence-corrected chi connectivity index (χ3v) is 13.1. The number of benzene rings is 6. The number of hydrogen-bond donors (Lipinski definition) is 0. The van der Waals surface area contributed by atoms with E-state index in [9.17, 15) is 0 Å². The van der Waals surface area contributed by atoms with Gasteiger partial charge in [-0.15, -0.1) is 0 Å². The van der Waals surface area contributed by atoms with Crippen molar-refractivity contribution in [3.8, 4) is 16.8 Å². The van der Waals surface area contributed by atoms with Crippen molar-refractivity contribution in [3.63, 3.8) is 0 Å². The van der Waals surface area contributed by atoms with Crippen molar-refractivity contribution in [1.82, 2.24) is 4.57 Å². The Bertz CT molecular complexity index is 2980. The zero-order valence-corrected chi connectivity index (χ0v) is 34.5. The lowest BCUT2D eigenvalue weighted by molar-refractivity contribution is 0.662. The highest BCUT2D eigenvalue weighted by molar-refractivity contribution is 6.05. The van der Waals surface area contributed by atoms with Crippen LogP contribution in [0.1, 0.15) is 85.9 Å². The van der Waals surface area contributed by atoms with Crippen molar-refractivity contribution in [2.45, 2.75) is 71.1 Å². The van der Waals surface area contributed by atoms with E-state index < -0.39 is 5.41 Å². The molecular formula is C57H51NO. The molecular weight excluding hydrogens is 715 g/mol. The molecule has 2 heteroatoms. The molecule has 2 aliphatic carbocycles. The van der Waals surface area contributed by atoms with Gasteiger partial charge in [0, 0.05) is 33.1 Å². The minimum Gasteiger partial charge on any atom is -0.456 e. The van der Waals surface area contributed by atoms with Gasteiger partial charge in [-0.2, -0.15) is 0 Å². The fourth-order valence-electron chi connectivity index (χ4n) is 10.2. The van der Waals surface area contributed by atoms with Crippen molar-refractivity contribution >= 4 is 38.9 Å². The van der Waals surface area contributed by atoms with Gasteiger partial charge >= 0.3 is 0 Å². The Hall–Kier alpha value is -6.38. The summed E-state index contributed by atoms with van der Waals surface area (Å²) in [7, 11) is 0. The first-order valence-electron chi connectivity index (χ1n) is 21.6. The Morgan fingerprint density at radius 1 is 0.712 bits per heavy atom. The molecule has 0 saturated heterocycles. The summed E-state index contributed by atoms with van der Waals surface area (Å²) in [5.41, 5.74) is 18.5. The Labute approximate surface area is 348 Å². The maximum Gasteiger partial charge on any atom is 0.135 e. The van der Waals surface area contributed by atoms with Gasteiger partial charge in [-0.05, 0) is 145 Å². The number of furan rings is 1. The normalized spacial score (nSPS) is 15.3. The average molecular weight is 766 g/mol. The van der Waals surface area contributed by atoms with Crippen LogP contribution in [0.4, 0.5) is 0 Å². The molecule has 0 bridgehead atoms. The molecule has 59 heavy (non-hydrogen) atoms. The van der Waals surface area contributed by atoms with Gasteiger partial charge in [-0.3, -0.25) is 0 Å². The van der Waals surface area contributed by atoms with Crippen molar-refractivity contribution in [1.29, 1.82) is 0 Å². The first-order chi connectivity index (χ1) is 29.1. The number of nitrogens with zero attached hydrogens (tertiary/aromatic N) is 1. The van der Waals surface area contributed by atoms with Crippen LogP contribution in [0.15, 0.2) is 185 Å². The van der Waals surface area contributed by atoms with Crippen LogP contribution in [-0.2, 0) is 11.8 Å². The summed E-state index contributed by atoms with van der Waals surface area (Å²) in [6.45, 7) is 6.82. The number of para-hydroxylation sites is 1. The Morgan fingerprint density at radius 2 is 1.51 bits per heavy atom. The fourth-order valence-corrected chi connectivity index (χ4v) is 10.2. The maximum atomic E-state index is 6.41. The van der Waals surface area contributed by atoms with E-state index >= 15 is 0 Å². The molecule has 2 aromatic heterocycles. The van der Waals surface area contributed by atoms with E-state index in [1.54, 1.807) is 0 Å². The van der Waals surface area contributed by atoms with Crippen molar-refractivity contribution < 1.29 is 4.42 Å². The number of unbranched alkanes of at least 4 members (excludes halogenated alkanes) is 1. The van der Waals surface area contributed by atoms with Gasteiger partial charge in [-0.1, -0.05) is 140 Å². The smallest absolute Gasteiger partial charge is 0.135 e. The number of allylic oxidation sites excluding steroid dienone is 7. The highest BCUT2D eigenvalue weighted by Gasteiger charge is 2.41. The second-order valence-corrected chi connectivity index (χ2v) is 16.5. The van der Waals surface area contributed by atoms with E-state index in [0.29, 0.717) is 0 Å². The van der Waals surface area contributed by atoms with E-state index in [1.165, 1.54) is 90.8 Å². The zero-order chi connectivity index (χ0) is 39.9. The van der Waals surface area contributed by atoms with Crippen molar-refractivity contribution in [3.05, 3.63) is 214 Å². The maximum absolute atomic E-state index is 6.41. The van der Waals surface area contributed by atoms with Crippen molar-refractivity contribution in [2.24, 2.45) is 0 Å². The van der Waals surface area contributed by atoms with E-state index in [4.69, 9.17) is 4.42 Å². The van der Waals surface area contributed by atoms with Crippen LogP contribution >= 0.6 is 0 Å². The second kappa shape index (κ2) is 15.4. The van der Waals surface area contributed by atoms with Gasteiger partial charge in [-0.25, -0.2) is 0 Å². The number of aryl methyl sites for hydroxylation is 1. The Morgan fingerprint density at radius 3 is 2.31 bits per heavy atom.